The Morgan fingerprint density at radius 2 is 2.15 bits per heavy atom. The van der Waals surface area contributed by atoms with E-state index in [0.717, 1.165) is 22.5 Å². The molecule has 0 aromatic carbocycles. The Hall–Kier alpha value is -2.44. The van der Waals surface area contributed by atoms with Crippen molar-refractivity contribution in [3.63, 3.8) is 0 Å². The first kappa shape index (κ1) is 12.6. The summed E-state index contributed by atoms with van der Waals surface area (Å²) in [7, 11) is 1.77. The molecule has 0 atom stereocenters. The Kier molecular flexibility index (Phi) is 2.38. The lowest BCUT2D eigenvalue weighted by Gasteiger charge is -2.31. The van der Waals surface area contributed by atoms with Gasteiger partial charge >= 0.3 is 0 Å². The van der Waals surface area contributed by atoms with E-state index in [9.17, 15) is 4.79 Å². The summed E-state index contributed by atoms with van der Waals surface area (Å²) < 4.78 is 1.64. The van der Waals surface area contributed by atoms with Crippen LogP contribution in [-0.4, -0.2) is 25.7 Å². The standard InChI is InChI=1S/C13H16N6O/c1-13(2)4-6-5-16-12(15)17-8(6)10-7(13)9(11(14)20)18-19(10)3/h5H,4H2,1-3H3,(H2,14,20)(H2,15,16,17). The van der Waals surface area contributed by atoms with Crippen molar-refractivity contribution in [2.75, 3.05) is 5.73 Å². The molecule has 104 valence electrons. The summed E-state index contributed by atoms with van der Waals surface area (Å²) in [4.78, 5) is 20.0. The van der Waals surface area contributed by atoms with Gasteiger partial charge in [0.1, 0.15) is 0 Å². The van der Waals surface area contributed by atoms with Crippen molar-refractivity contribution in [2.45, 2.75) is 25.7 Å². The number of hydrogen-bond donors (Lipinski definition) is 2. The molecule has 2 aromatic rings. The number of carbonyl (C=O) groups is 1. The number of anilines is 1. The van der Waals surface area contributed by atoms with Gasteiger partial charge in [-0.05, 0) is 17.4 Å². The van der Waals surface area contributed by atoms with Gasteiger partial charge < -0.3 is 11.5 Å². The molecule has 3 rings (SSSR count). The second kappa shape index (κ2) is 3.78. The van der Waals surface area contributed by atoms with Crippen molar-refractivity contribution in [3.05, 3.63) is 23.0 Å². The number of rotatable bonds is 1. The Morgan fingerprint density at radius 1 is 1.45 bits per heavy atom. The van der Waals surface area contributed by atoms with Crippen LogP contribution in [0.15, 0.2) is 6.20 Å². The number of primary amides is 1. The quantitative estimate of drug-likeness (QED) is 0.779. The third-order valence-electron chi connectivity index (χ3n) is 3.70. The van der Waals surface area contributed by atoms with Crippen LogP contribution >= 0.6 is 0 Å². The van der Waals surface area contributed by atoms with E-state index in [2.05, 4.69) is 28.9 Å². The average molecular weight is 272 g/mol. The minimum absolute atomic E-state index is 0.205. The molecule has 0 aliphatic heterocycles. The van der Waals surface area contributed by atoms with Crippen molar-refractivity contribution in [3.8, 4) is 11.4 Å². The average Bonchev–Trinajstić information content (AvgIpc) is 2.70. The fourth-order valence-electron chi connectivity index (χ4n) is 2.93. The van der Waals surface area contributed by atoms with E-state index < -0.39 is 5.91 Å². The van der Waals surface area contributed by atoms with E-state index in [1.54, 1.807) is 17.9 Å². The summed E-state index contributed by atoms with van der Waals surface area (Å²) in [6.07, 6.45) is 2.45. The van der Waals surface area contributed by atoms with Gasteiger partial charge in [0.15, 0.2) is 5.69 Å². The van der Waals surface area contributed by atoms with Crippen LogP contribution < -0.4 is 11.5 Å². The van der Waals surface area contributed by atoms with Crippen LogP contribution in [-0.2, 0) is 18.9 Å². The van der Waals surface area contributed by atoms with E-state index in [0.29, 0.717) is 12.1 Å². The maximum Gasteiger partial charge on any atom is 0.269 e. The molecule has 1 amide bonds. The maximum atomic E-state index is 11.6. The van der Waals surface area contributed by atoms with Gasteiger partial charge in [0, 0.05) is 18.8 Å². The molecule has 20 heavy (non-hydrogen) atoms. The summed E-state index contributed by atoms with van der Waals surface area (Å²) in [6, 6.07) is 0. The SMILES string of the molecule is Cn1nc(C(N)=O)c2c1-c1nc(N)ncc1CC2(C)C. The molecule has 2 heterocycles. The molecule has 0 radical (unpaired) electrons. The molecule has 1 aliphatic rings. The molecule has 0 saturated carbocycles. The monoisotopic (exact) mass is 272 g/mol. The zero-order valence-corrected chi connectivity index (χ0v) is 11.6. The normalized spacial score (nSPS) is 15.6. The van der Waals surface area contributed by atoms with Gasteiger partial charge in [0.25, 0.3) is 5.91 Å². The Bertz CT molecular complexity index is 731. The minimum atomic E-state index is -0.527. The first-order chi connectivity index (χ1) is 9.31. The van der Waals surface area contributed by atoms with Gasteiger partial charge in [0.05, 0.1) is 11.4 Å². The molecule has 1 aliphatic carbocycles. The second-order valence-electron chi connectivity index (χ2n) is 5.72. The zero-order valence-electron chi connectivity index (χ0n) is 11.6. The third-order valence-corrected chi connectivity index (χ3v) is 3.70. The molecule has 0 fully saturated rings. The van der Waals surface area contributed by atoms with Crippen molar-refractivity contribution >= 4 is 11.9 Å². The number of amides is 1. The summed E-state index contributed by atoms with van der Waals surface area (Å²) in [6.45, 7) is 4.11. The van der Waals surface area contributed by atoms with E-state index in [4.69, 9.17) is 11.5 Å². The molecular weight excluding hydrogens is 256 g/mol. The van der Waals surface area contributed by atoms with Gasteiger partial charge in [-0.15, -0.1) is 0 Å². The number of aryl methyl sites for hydroxylation is 1. The highest BCUT2D eigenvalue weighted by Crippen LogP contribution is 2.43. The number of nitrogens with zero attached hydrogens (tertiary/aromatic N) is 4. The highest BCUT2D eigenvalue weighted by atomic mass is 16.1. The van der Waals surface area contributed by atoms with E-state index in [1.165, 1.54) is 0 Å². The number of nitrogen functional groups attached to an aromatic ring is 1. The number of fused-ring (bicyclic) bond motifs is 3. The molecule has 0 spiro atoms. The van der Waals surface area contributed by atoms with Gasteiger partial charge in [-0.3, -0.25) is 9.48 Å². The third kappa shape index (κ3) is 1.59. The summed E-state index contributed by atoms with van der Waals surface area (Å²) in [5, 5.41) is 4.26. The van der Waals surface area contributed by atoms with Crippen molar-refractivity contribution in [1.29, 1.82) is 0 Å². The Morgan fingerprint density at radius 3 is 2.80 bits per heavy atom. The van der Waals surface area contributed by atoms with Crippen molar-refractivity contribution in [1.82, 2.24) is 19.7 Å². The summed E-state index contributed by atoms with van der Waals surface area (Å²) >= 11 is 0. The molecule has 4 N–H and O–H groups in total. The maximum absolute atomic E-state index is 11.6. The highest BCUT2D eigenvalue weighted by molar-refractivity contribution is 5.95. The topological polar surface area (TPSA) is 113 Å². The highest BCUT2D eigenvalue weighted by Gasteiger charge is 2.39. The molecule has 7 heteroatoms. The summed E-state index contributed by atoms with van der Waals surface area (Å²) in [5.41, 5.74) is 14.5. The first-order valence-corrected chi connectivity index (χ1v) is 6.30. The van der Waals surface area contributed by atoms with Crippen LogP contribution in [0, 0.1) is 0 Å². The number of carbonyl (C=O) groups excluding carboxylic acids is 1. The lowest BCUT2D eigenvalue weighted by molar-refractivity contribution is 0.0992. The van der Waals surface area contributed by atoms with E-state index >= 15 is 0 Å². The van der Waals surface area contributed by atoms with Gasteiger partial charge in [-0.2, -0.15) is 5.10 Å². The fraction of sp³-hybridized carbons (Fsp3) is 0.385. The number of nitrogens with two attached hydrogens (primary N) is 2. The molecule has 0 bridgehead atoms. The Labute approximate surface area is 116 Å². The van der Waals surface area contributed by atoms with Gasteiger partial charge in [0.2, 0.25) is 5.95 Å². The predicted octanol–water partition coefficient (Wildman–Crippen LogP) is 0.392. The van der Waals surface area contributed by atoms with Crippen molar-refractivity contribution in [2.24, 2.45) is 12.8 Å². The van der Waals surface area contributed by atoms with Crippen LogP contribution in [0.4, 0.5) is 5.95 Å². The lowest BCUT2D eigenvalue weighted by Crippen LogP contribution is -2.29. The zero-order chi connectivity index (χ0) is 14.7. The number of aromatic nitrogens is 4. The molecule has 0 unspecified atom stereocenters. The first-order valence-electron chi connectivity index (χ1n) is 6.30. The van der Waals surface area contributed by atoms with Crippen LogP contribution in [0.5, 0.6) is 0 Å². The van der Waals surface area contributed by atoms with Crippen LogP contribution in [0.25, 0.3) is 11.4 Å². The molecule has 7 nitrogen and oxygen atoms in total. The minimum Gasteiger partial charge on any atom is -0.368 e. The van der Waals surface area contributed by atoms with Crippen LogP contribution in [0.3, 0.4) is 0 Å². The van der Waals surface area contributed by atoms with Gasteiger partial charge in [-0.25, -0.2) is 9.97 Å². The molecule has 0 saturated heterocycles. The Balaban J connectivity index is 2.40. The van der Waals surface area contributed by atoms with Gasteiger partial charge in [-0.1, -0.05) is 13.8 Å². The molecule has 2 aromatic heterocycles. The lowest BCUT2D eigenvalue weighted by atomic mass is 9.73. The largest absolute Gasteiger partial charge is 0.368 e. The fourth-order valence-corrected chi connectivity index (χ4v) is 2.93. The van der Waals surface area contributed by atoms with Crippen LogP contribution in [0.1, 0.15) is 35.5 Å². The second-order valence-corrected chi connectivity index (χ2v) is 5.72. The molecular formula is C13H16N6O. The van der Waals surface area contributed by atoms with E-state index in [1.807, 2.05) is 0 Å². The van der Waals surface area contributed by atoms with E-state index in [-0.39, 0.29) is 11.4 Å². The van der Waals surface area contributed by atoms with Crippen molar-refractivity contribution < 1.29 is 4.79 Å². The smallest absolute Gasteiger partial charge is 0.269 e. The predicted molar refractivity (Wildman–Crippen MR) is 73.9 cm³/mol. The number of hydrogen-bond acceptors (Lipinski definition) is 5. The summed E-state index contributed by atoms with van der Waals surface area (Å²) in [5.74, 6) is -0.323. The van der Waals surface area contributed by atoms with Crippen LogP contribution in [0.2, 0.25) is 0 Å².